The predicted octanol–water partition coefficient (Wildman–Crippen LogP) is 12.7. The van der Waals surface area contributed by atoms with Gasteiger partial charge in [-0.2, -0.15) is 0 Å². The van der Waals surface area contributed by atoms with Gasteiger partial charge in [-0.25, -0.2) is 0 Å². The van der Waals surface area contributed by atoms with E-state index in [-0.39, 0.29) is 10.8 Å². The Morgan fingerprint density at radius 1 is 0.796 bits per heavy atom. The summed E-state index contributed by atoms with van der Waals surface area (Å²) >= 11 is 0. The van der Waals surface area contributed by atoms with Gasteiger partial charge >= 0.3 is 0 Å². The smallest absolute Gasteiger partial charge is 0.0538 e. The van der Waals surface area contributed by atoms with Crippen LogP contribution in [-0.2, 0) is 6.42 Å². The maximum atomic E-state index is 4.53. The molecule has 2 heterocycles. The fourth-order valence-electron chi connectivity index (χ4n) is 10.4. The Morgan fingerprint density at radius 2 is 1.57 bits per heavy atom. The molecule has 0 spiro atoms. The second-order valence-corrected chi connectivity index (χ2v) is 16.5. The lowest BCUT2D eigenvalue weighted by atomic mass is 9.67. The molecule has 1 aromatic heterocycles. The fraction of sp³-hybridized carbons (Fsp3) is 0.235. The monoisotopic (exact) mass is 701 g/mol. The van der Waals surface area contributed by atoms with Crippen LogP contribution in [-0.4, -0.2) is 17.3 Å². The largest absolute Gasteiger partial charge is 0.313 e. The third-order valence-electron chi connectivity index (χ3n) is 13.1. The van der Waals surface area contributed by atoms with Crippen molar-refractivity contribution in [1.82, 2.24) is 4.57 Å². The van der Waals surface area contributed by atoms with Crippen molar-refractivity contribution in [2.24, 2.45) is 27.7 Å². The van der Waals surface area contributed by atoms with Crippen LogP contribution in [0.3, 0.4) is 0 Å². The first-order valence-electron chi connectivity index (χ1n) is 19.7. The number of para-hydroxylation sites is 1. The van der Waals surface area contributed by atoms with Crippen molar-refractivity contribution in [3.63, 3.8) is 0 Å². The quantitative estimate of drug-likeness (QED) is 0.173. The van der Waals surface area contributed by atoms with Crippen molar-refractivity contribution in [1.29, 1.82) is 0 Å². The lowest BCUT2D eigenvalue weighted by Crippen LogP contribution is -2.30. The van der Waals surface area contributed by atoms with E-state index in [9.17, 15) is 0 Å². The van der Waals surface area contributed by atoms with E-state index in [4.69, 9.17) is 0 Å². The second kappa shape index (κ2) is 12.7. The maximum Gasteiger partial charge on any atom is 0.0538 e. The van der Waals surface area contributed by atoms with Crippen LogP contribution < -0.4 is 4.90 Å². The van der Waals surface area contributed by atoms with Gasteiger partial charge in [0.15, 0.2) is 0 Å². The summed E-state index contributed by atoms with van der Waals surface area (Å²) in [5.74, 6) is 1.31. The van der Waals surface area contributed by atoms with E-state index in [0.717, 1.165) is 25.8 Å². The van der Waals surface area contributed by atoms with Gasteiger partial charge in [0.2, 0.25) is 0 Å². The highest BCUT2D eigenvalue weighted by Gasteiger charge is 2.57. The summed E-state index contributed by atoms with van der Waals surface area (Å²) in [7, 11) is 0. The zero-order valence-electron chi connectivity index (χ0n) is 31.5. The molecule has 266 valence electrons. The molecule has 1 aliphatic heterocycles. The number of hydrogen-bond acceptors (Lipinski definition) is 2. The van der Waals surface area contributed by atoms with E-state index in [2.05, 4.69) is 193 Å². The van der Waals surface area contributed by atoms with Crippen LogP contribution >= 0.6 is 0 Å². The number of aromatic nitrogens is 1. The number of anilines is 2. The molecular weight excluding hydrogens is 655 g/mol. The van der Waals surface area contributed by atoms with Crippen LogP contribution in [0.5, 0.6) is 0 Å². The van der Waals surface area contributed by atoms with Crippen molar-refractivity contribution in [3.8, 4) is 16.8 Å². The van der Waals surface area contributed by atoms with Crippen molar-refractivity contribution < 1.29 is 0 Å². The molecule has 5 aromatic rings. The molecule has 4 aliphatic carbocycles. The van der Waals surface area contributed by atoms with Gasteiger partial charge in [0.05, 0.1) is 5.52 Å². The maximum absolute atomic E-state index is 4.53. The molecule has 0 N–H and O–H groups in total. The highest BCUT2D eigenvalue weighted by atomic mass is 15.1. The molecule has 0 amide bonds. The van der Waals surface area contributed by atoms with E-state index in [1.54, 1.807) is 5.57 Å². The Labute approximate surface area is 319 Å². The van der Waals surface area contributed by atoms with Crippen LogP contribution in [0.25, 0.3) is 33.8 Å². The van der Waals surface area contributed by atoms with Crippen LogP contribution in [0.4, 0.5) is 11.4 Å². The van der Waals surface area contributed by atoms with Crippen molar-refractivity contribution in [2.45, 2.75) is 46.0 Å². The lowest BCUT2D eigenvalue weighted by Gasteiger charge is -2.37. The standard InChI is InChI=1S/C51H47N3/c1-50(2)46-33-42(27-28-45(46)51(3)30-10-9-17-49(50)51)53(41-25-20-36(21-26-41)38-12-11-31-52-34-38)40-23-18-35(19-24-40)37-22-29-48-44(32-37)43-15-7-8-16-47(43)54(48)39-13-5-4-6-14-39/h4-7,9-15,17-27,29-33,38,45,49H,8,16,28,34H2,1-3H3. The third kappa shape index (κ3) is 5.20. The van der Waals surface area contributed by atoms with Crippen LogP contribution in [0.2, 0.25) is 0 Å². The zero-order valence-corrected chi connectivity index (χ0v) is 31.5. The highest BCUT2D eigenvalue weighted by Crippen LogP contribution is 2.65. The number of allylic oxidation sites excluding steroid dienone is 9. The van der Waals surface area contributed by atoms with Crippen LogP contribution in [0, 0.1) is 22.7 Å². The number of rotatable bonds is 6. The normalized spacial score (nSPS) is 24.5. The Bertz CT molecular complexity index is 2480. The minimum atomic E-state index is 0.0693. The molecule has 0 saturated heterocycles. The third-order valence-corrected chi connectivity index (χ3v) is 13.1. The lowest BCUT2D eigenvalue weighted by molar-refractivity contribution is 0.216. The molecule has 1 fully saturated rings. The van der Waals surface area contributed by atoms with Crippen molar-refractivity contribution >= 4 is 34.6 Å². The van der Waals surface area contributed by atoms with E-state index >= 15 is 0 Å². The highest BCUT2D eigenvalue weighted by molar-refractivity contribution is 5.96. The molecule has 3 nitrogen and oxygen atoms in total. The Balaban J connectivity index is 1.04. The molecule has 54 heavy (non-hydrogen) atoms. The number of nitrogens with zero attached hydrogens (tertiary/aromatic N) is 3. The first-order chi connectivity index (χ1) is 26.4. The predicted molar refractivity (Wildman–Crippen MR) is 228 cm³/mol. The molecule has 5 aliphatic rings. The molecule has 3 heteroatoms. The summed E-state index contributed by atoms with van der Waals surface area (Å²) in [4.78, 5) is 7.00. The SMILES string of the molecule is CC1(C)C2=CC(N(c3ccc(-c4ccc5c(c4)c4c(n5-c5ccccc5)CCC=C4)cc3)c3ccc(C4C=CC=NC4)cc3)=CCC2C2(C)C=CC=CC12. The van der Waals surface area contributed by atoms with Gasteiger partial charge < -0.3 is 9.47 Å². The van der Waals surface area contributed by atoms with Crippen LogP contribution in [0.15, 0.2) is 168 Å². The molecule has 10 rings (SSSR count). The number of fused-ring (bicyclic) bond motifs is 6. The van der Waals surface area contributed by atoms with Gasteiger partial charge in [0, 0.05) is 58.1 Å². The fourth-order valence-corrected chi connectivity index (χ4v) is 10.4. The average Bonchev–Trinajstić information content (AvgIpc) is 3.64. The van der Waals surface area contributed by atoms with Gasteiger partial charge in [0.1, 0.15) is 0 Å². The van der Waals surface area contributed by atoms with Crippen LogP contribution in [0.1, 0.15) is 56.4 Å². The number of hydrogen-bond donors (Lipinski definition) is 0. The second-order valence-electron chi connectivity index (χ2n) is 16.5. The van der Waals surface area contributed by atoms with E-state index < -0.39 is 0 Å². The topological polar surface area (TPSA) is 20.5 Å². The average molecular weight is 702 g/mol. The van der Waals surface area contributed by atoms with Gasteiger partial charge in [-0.05, 0) is 119 Å². The summed E-state index contributed by atoms with van der Waals surface area (Å²) in [6.07, 6.45) is 28.5. The van der Waals surface area contributed by atoms with E-state index in [1.807, 2.05) is 6.21 Å². The molecule has 4 unspecified atom stereocenters. The number of dihydropyridines is 1. The summed E-state index contributed by atoms with van der Waals surface area (Å²) in [6.45, 7) is 8.20. The van der Waals surface area contributed by atoms with E-state index in [0.29, 0.717) is 17.8 Å². The van der Waals surface area contributed by atoms with Crippen molar-refractivity contribution in [2.75, 3.05) is 11.4 Å². The Hall–Kier alpha value is -5.67. The summed E-state index contributed by atoms with van der Waals surface area (Å²) in [5.41, 5.74) is 14.4. The van der Waals surface area contributed by atoms with E-state index in [1.165, 1.54) is 61.6 Å². The molecule has 4 atom stereocenters. The Kier molecular flexibility index (Phi) is 7.77. The number of benzene rings is 4. The molecule has 0 bridgehead atoms. The number of aliphatic imine (C=N–C) groups is 1. The molecular formula is C51H47N3. The zero-order chi connectivity index (χ0) is 36.4. The molecule has 1 saturated carbocycles. The van der Waals surface area contributed by atoms with Gasteiger partial charge in [-0.1, -0.05) is 123 Å². The molecule has 4 aromatic carbocycles. The Morgan fingerprint density at radius 3 is 2.35 bits per heavy atom. The summed E-state index contributed by atoms with van der Waals surface area (Å²) in [5, 5.41) is 1.32. The summed E-state index contributed by atoms with van der Waals surface area (Å²) in [6, 6.07) is 36.3. The van der Waals surface area contributed by atoms with Gasteiger partial charge in [-0.3, -0.25) is 4.99 Å². The first kappa shape index (κ1) is 32.9. The van der Waals surface area contributed by atoms with Crippen molar-refractivity contribution in [3.05, 3.63) is 180 Å². The minimum Gasteiger partial charge on any atom is -0.313 e. The van der Waals surface area contributed by atoms with Gasteiger partial charge in [-0.15, -0.1) is 0 Å². The molecule has 0 radical (unpaired) electrons. The first-order valence-corrected chi connectivity index (χ1v) is 19.7. The minimum absolute atomic E-state index is 0.0693. The van der Waals surface area contributed by atoms with Gasteiger partial charge in [0.25, 0.3) is 0 Å². The summed E-state index contributed by atoms with van der Waals surface area (Å²) < 4.78 is 2.46.